The summed E-state index contributed by atoms with van der Waals surface area (Å²) in [6, 6.07) is 20.6. The quantitative estimate of drug-likeness (QED) is 0.397. The zero-order chi connectivity index (χ0) is 22.8. The molecular weight excluding hydrogens is 420 g/mol. The predicted octanol–water partition coefficient (Wildman–Crippen LogP) is 3.64. The fourth-order valence-corrected chi connectivity index (χ4v) is 3.93. The summed E-state index contributed by atoms with van der Waals surface area (Å²) in [6.45, 7) is 0.541. The van der Waals surface area contributed by atoms with Gasteiger partial charge in [0.25, 0.3) is 5.95 Å². The summed E-state index contributed by atoms with van der Waals surface area (Å²) in [5.41, 5.74) is 3.28. The Morgan fingerprint density at radius 2 is 1.58 bits per heavy atom. The first kappa shape index (κ1) is 20.4. The number of hydrogen-bond acceptors (Lipinski definition) is 6. The molecule has 164 valence electrons. The summed E-state index contributed by atoms with van der Waals surface area (Å²) in [7, 11) is 0. The van der Waals surface area contributed by atoms with E-state index in [2.05, 4.69) is 44.4 Å². The van der Waals surface area contributed by atoms with Gasteiger partial charge in [-0.15, -0.1) is 0 Å². The van der Waals surface area contributed by atoms with E-state index in [-0.39, 0.29) is 23.3 Å². The van der Waals surface area contributed by atoms with Gasteiger partial charge in [0.1, 0.15) is 11.0 Å². The molecule has 0 radical (unpaired) electrons. The second-order valence-electron chi connectivity index (χ2n) is 7.59. The molecule has 0 unspecified atom stereocenters. The summed E-state index contributed by atoms with van der Waals surface area (Å²) in [4.78, 5) is 19.6. The minimum absolute atomic E-state index is 0.00162. The van der Waals surface area contributed by atoms with Gasteiger partial charge < -0.3 is 10.2 Å². The summed E-state index contributed by atoms with van der Waals surface area (Å²) in [5, 5.41) is 28.1. The van der Waals surface area contributed by atoms with E-state index in [9.17, 15) is 9.90 Å². The molecule has 0 saturated heterocycles. The number of aromatic nitrogens is 6. The molecule has 3 heterocycles. The predicted molar refractivity (Wildman–Crippen MR) is 120 cm³/mol. The third-order valence-electron chi connectivity index (χ3n) is 5.53. The maximum atomic E-state index is 11.1. The van der Waals surface area contributed by atoms with Gasteiger partial charge in [-0.2, -0.15) is 15.2 Å². The molecule has 9 nitrogen and oxygen atoms in total. The third-order valence-corrected chi connectivity index (χ3v) is 5.53. The zero-order valence-corrected chi connectivity index (χ0v) is 17.5. The van der Waals surface area contributed by atoms with Crippen molar-refractivity contribution in [3.05, 3.63) is 95.9 Å². The topological polar surface area (TPSA) is 119 Å². The van der Waals surface area contributed by atoms with Crippen molar-refractivity contribution in [2.45, 2.75) is 18.9 Å². The number of carbonyl (C=O) groups is 1. The molecule has 9 heteroatoms. The van der Waals surface area contributed by atoms with Crippen LogP contribution in [0.1, 0.15) is 33.8 Å². The average Bonchev–Trinajstić information content (AvgIpc) is 3.49. The molecule has 2 N–H and O–H groups in total. The van der Waals surface area contributed by atoms with E-state index in [1.54, 1.807) is 10.9 Å². The van der Waals surface area contributed by atoms with Gasteiger partial charge in [0.15, 0.2) is 0 Å². The molecule has 0 aliphatic rings. The summed E-state index contributed by atoms with van der Waals surface area (Å²) < 4.78 is 2.90. The Labute approximate surface area is 188 Å². The number of benzene rings is 2. The number of rotatable bonds is 7. The number of aromatic carboxylic acids is 1. The first-order valence-corrected chi connectivity index (χ1v) is 10.4. The van der Waals surface area contributed by atoms with Crippen molar-refractivity contribution in [1.29, 1.82) is 0 Å². The van der Waals surface area contributed by atoms with Gasteiger partial charge in [0, 0.05) is 18.7 Å². The van der Waals surface area contributed by atoms with Crippen molar-refractivity contribution in [1.82, 2.24) is 29.5 Å². The van der Waals surface area contributed by atoms with Crippen LogP contribution in [0.4, 0.5) is 0 Å². The highest BCUT2D eigenvalue weighted by Gasteiger charge is 2.18. The van der Waals surface area contributed by atoms with Crippen molar-refractivity contribution in [3.8, 4) is 11.8 Å². The highest BCUT2D eigenvalue weighted by atomic mass is 16.4. The Bertz CT molecular complexity index is 1370. The summed E-state index contributed by atoms with van der Waals surface area (Å²) in [5.74, 6) is -1.12. The third kappa shape index (κ3) is 4.03. The van der Waals surface area contributed by atoms with E-state index in [1.165, 1.54) is 28.2 Å². The van der Waals surface area contributed by atoms with E-state index in [1.807, 2.05) is 36.4 Å². The van der Waals surface area contributed by atoms with Crippen LogP contribution >= 0.6 is 0 Å². The number of hydrogen-bond donors (Lipinski definition) is 2. The lowest BCUT2D eigenvalue weighted by Crippen LogP contribution is -2.09. The number of nitrogens with zero attached hydrogens (tertiary/aromatic N) is 6. The zero-order valence-electron chi connectivity index (χ0n) is 17.5. The lowest BCUT2D eigenvalue weighted by Gasteiger charge is -2.18. The Morgan fingerprint density at radius 1 is 0.909 bits per heavy atom. The number of carboxylic acids is 1. The molecule has 0 spiro atoms. The summed E-state index contributed by atoms with van der Waals surface area (Å²) >= 11 is 0. The first-order valence-electron chi connectivity index (χ1n) is 10.4. The fourth-order valence-electron chi connectivity index (χ4n) is 3.93. The van der Waals surface area contributed by atoms with Gasteiger partial charge in [-0.3, -0.25) is 4.68 Å². The van der Waals surface area contributed by atoms with Crippen LogP contribution in [0.2, 0.25) is 0 Å². The van der Waals surface area contributed by atoms with Crippen molar-refractivity contribution < 1.29 is 15.0 Å². The van der Waals surface area contributed by atoms with Crippen LogP contribution in [0.15, 0.2) is 79.3 Å². The highest BCUT2D eigenvalue weighted by molar-refractivity contribution is 5.87. The van der Waals surface area contributed by atoms with E-state index >= 15 is 0 Å². The molecule has 0 aliphatic heterocycles. The first-order chi connectivity index (χ1) is 16.1. The number of aromatic hydroxyl groups is 1. The molecule has 5 rings (SSSR count). The molecule has 0 fully saturated rings. The molecule has 33 heavy (non-hydrogen) atoms. The number of carboxylic acid groups (broad SMARTS) is 1. The SMILES string of the molecule is O=C(O)c1cnn(-c2nc(O)c3c(cnn3CCC(c3ccccc3)c3ccccc3)n2)c1. The molecular formula is C24H20N6O3. The number of fused-ring (bicyclic) bond motifs is 1. The van der Waals surface area contributed by atoms with E-state index in [4.69, 9.17) is 5.11 Å². The average molecular weight is 440 g/mol. The van der Waals surface area contributed by atoms with Crippen LogP contribution in [0.3, 0.4) is 0 Å². The van der Waals surface area contributed by atoms with E-state index in [0.717, 1.165) is 6.42 Å². The Kier molecular flexibility index (Phi) is 5.27. The normalized spacial score (nSPS) is 11.3. The molecule has 3 aromatic heterocycles. The molecule has 0 atom stereocenters. The maximum Gasteiger partial charge on any atom is 0.338 e. The fraction of sp³-hybridized carbons (Fsp3) is 0.125. The van der Waals surface area contributed by atoms with Gasteiger partial charge in [-0.05, 0) is 17.5 Å². The van der Waals surface area contributed by atoms with Gasteiger partial charge in [-0.25, -0.2) is 14.5 Å². The molecule has 2 aromatic carbocycles. The lowest BCUT2D eigenvalue weighted by molar-refractivity contribution is 0.0697. The van der Waals surface area contributed by atoms with Gasteiger partial charge in [-0.1, -0.05) is 60.7 Å². The Hall–Kier alpha value is -4.53. The van der Waals surface area contributed by atoms with Crippen LogP contribution in [0.5, 0.6) is 5.88 Å². The molecule has 0 aliphatic carbocycles. The summed E-state index contributed by atoms with van der Waals surface area (Å²) in [6.07, 6.45) is 4.80. The van der Waals surface area contributed by atoms with E-state index < -0.39 is 5.97 Å². The second-order valence-corrected chi connectivity index (χ2v) is 7.59. The Balaban J connectivity index is 1.44. The van der Waals surface area contributed by atoms with Crippen LogP contribution in [0.25, 0.3) is 17.0 Å². The largest absolute Gasteiger partial charge is 0.492 e. The number of aryl methyl sites for hydroxylation is 1. The highest BCUT2D eigenvalue weighted by Crippen LogP contribution is 2.30. The van der Waals surface area contributed by atoms with Crippen molar-refractivity contribution >= 4 is 17.0 Å². The monoisotopic (exact) mass is 440 g/mol. The van der Waals surface area contributed by atoms with Crippen LogP contribution < -0.4 is 0 Å². The second kappa shape index (κ2) is 8.54. The van der Waals surface area contributed by atoms with Crippen molar-refractivity contribution in [3.63, 3.8) is 0 Å². The van der Waals surface area contributed by atoms with Gasteiger partial charge >= 0.3 is 5.97 Å². The standard InChI is InChI=1S/C24H20N6O3/c31-22-21-20(27-24(28-22)30-15-18(13-25-30)23(32)33)14-26-29(21)12-11-19(16-7-3-1-4-8-16)17-9-5-2-6-10-17/h1-10,13-15,19H,11-12H2,(H,32,33)(H,27,28,31). The van der Waals surface area contributed by atoms with Crippen molar-refractivity contribution in [2.75, 3.05) is 0 Å². The van der Waals surface area contributed by atoms with Crippen molar-refractivity contribution in [2.24, 2.45) is 0 Å². The molecule has 0 amide bonds. The Morgan fingerprint density at radius 3 is 2.18 bits per heavy atom. The van der Waals surface area contributed by atoms with Crippen LogP contribution in [-0.4, -0.2) is 45.7 Å². The molecule has 0 bridgehead atoms. The molecule has 0 saturated carbocycles. The minimum Gasteiger partial charge on any atom is -0.492 e. The maximum absolute atomic E-state index is 11.1. The lowest BCUT2D eigenvalue weighted by atomic mass is 9.88. The van der Waals surface area contributed by atoms with Crippen LogP contribution in [-0.2, 0) is 6.54 Å². The van der Waals surface area contributed by atoms with Gasteiger partial charge in [0.2, 0.25) is 5.88 Å². The molecule has 5 aromatic rings. The van der Waals surface area contributed by atoms with E-state index in [0.29, 0.717) is 17.6 Å². The van der Waals surface area contributed by atoms with Crippen LogP contribution in [0, 0.1) is 0 Å². The minimum atomic E-state index is -1.11. The van der Waals surface area contributed by atoms with Gasteiger partial charge in [0.05, 0.1) is 18.0 Å². The smallest absolute Gasteiger partial charge is 0.338 e.